The number of ketones is 1. The summed E-state index contributed by atoms with van der Waals surface area (Å²) in [5, 5.41) is 11.0. The van der Waals surface area contributed by atoms with E-state index in [1.165, 1.54) is 31.4 Å². The van der Waals surface area contributed by atoms with Crippen molar-refractivity contribution >= 4 is 17.5 Å². The monoisotopic (exact) mass is 500 g/mol. The van der Waals surface area contributed by atoms with Crippen LogP contribution in [0, 0.1) is 10.1 Å². The molecule has 0 saturated carbocycles. The van der Waals surface area contributed by atoms with Crippen LogP contribution in [0.2, 0.25) is 0 Å². The zero-order valence-corrected chi connectivity index (χ0v) is 20.4. The van der Waals surface area contributed by atoms with Crippen LogP contribution in [0.5, 0.6) is 17.2 Å². The first-order chi connectivity index (χ1) is 18.0. The molecular weight excluding hydrogens is 472 g/mol. The summed E-state index contributed by atoms with van der Waals surface area (Å²) in [5.74, 6) is 1.80. The Morgan fingerprint density at radius 2 is 1.76 bits per heavy atom. The molecule has 0 amide bonds. The van der Waals surface area contributed by atoms with Crippen LogP contribution in [0.25, 0.3) is 6.08 Å². The van der Waals surface area contributed by atoms with Crippen LogP contribution in [0.3, 0.4) is 0 Å². The Labute approximate surface area is 215 Å². The van der Waals surface area contributed by atoms with Gasteiger partial charge in [-0.05, 0) is 67.4 Å². The standard InChI is InChI=1S/C29H28N2O6/c32-29-26-11-10-25(35-15-14-30-12-2-1-3-13-30)19-27(26)37-28(29)18-21-6-5-9-24(17-21)36-20-22-7-4-8-23(16-22)31(33)34/h4-11,16-19H,1-3,12-15,20H2/b28-18-. The number of benzene rings is 3. The number of carbonyl (C=O) groups excluding carboxylic acids is 1. The average Bonchev–Trinajstić information content (AvgIpc) is 3.22. The van der Waals surface area contributed by atoms with E-state index in [-0.39, 0.29) is 23.8 Å². The van der Waals surface area contributed by atoms with Crippen LogP contribution in [0.1, 0.15) is 40.7 Å². The molecule has 2 aliphatic rings. The quantitative estimate of drug-likeness (QED) is 0.213. The maximum absolute atomic E-state index is 12.9. The van der Waals surface area contributed by atoms with Crippen LogP contribution in [0.4, 0.5) is 5.69 Å². The van der Waals surface area contributed by atoms with Gasteiger partial charge in [-0.1, -0.05) is 30.7 Å². The van der Waals surface area contributed by atoms with Gasteiger partial charge in [0.05, 0.1) is 10.5 Å². The Balaban J connectivity index is 1.21. The minimum atomic E-state index is -0.433. The van der Waals surface area contributed by atoms with Gasteiger partial charge in [-0.25, -0.2) is 0 Å². The minimum absolute atomic E-state index is 0.0200. The molecule has 1 fully saturated rings. The van der Waals surface area contributed by atoms with Gasteiger partial charge in [0, 0.05) is 24.7 Å². The van der Waals surface area contributed by atoms with E-state index in [2.05, 4.69) is 4.90 Å². The molecule has 2 heterocycles. The number of ether oxygens (including phenoxy) is 3. The zero-order chi connectivity index (χ0) is 25.6. The van der Waals surface area contributed by atoms with Gasteiger partial charge in [0.1, 0.15) is 30.5 Å². The minimum Gasteiger partial charge on any atom is -0.492 e. The lowest BCUT2D eigenvalue weighted by atomic mass is 10.1. The number of nitrogens with zero attached hydrogens (tertiary/aromatic N) is 2. The first-order valence-corrected chi connectivity index (χ1v) is 12.4. The third-order valence-electron chi connectivity index (χ3n) is 6.45. The van der Waals surface area contributed by atoms with Crippen molar-refractivity contribution in [2.45, 2.75) is 25.9 Å². The molecule has 190 valence electrons. The highest BCUT2D eigenvalue weighted by molar-refractivity contribution is 6.14. The molecule has 8 heteroatoms. The lowest BCUT2D eigenvalue weighted by Gasteiger charge is -2.26. The Bertz CT molecular complexity index is 1330. The fraction of sp³-hybridized carbons (Fsp3) is 0.276. The van der Waals surface area contributed by atoms with E-state index >= 15 is 0 Å². The highest BCUT2D eigenvalue weighted by atomic mass is 16.6. The smallest absolute Gasteiger partial charge is 0.269 e. The Hall–Kier alpha value is -4.17. The molecule has 2 aliphatic heterocycles. The van der Waals surface area contributed by atoms with Crippen LogP contribution in [0.15, 0.2) is 72.5 Å². The molecule has 0 unspecified atom stereocenters. The molecule has 37 heavy (non-hydrogen) atoms. The predicted molar refractivity (Wildman–Crippen MR) is 139 cm³/mol. The molecule has 8 nitrogen and oxygen atoms in total. The Morgan fingerprint density at radius 1 is 0.946 bits per heavy atom. The maximum Gasteiger partial charge on any atom is 0.269 e. The number of piperidine rings is 1. The maximum atomic E-state index is 12.9. The van der Waals surface area contributed by atoms with Gasteiger partial charge in [-0.2, -0.15) is 0 Å². The number of hydrogen-bond acceptors (Lipinski definition) is 7. The highest BCUT2D eigenvalue weighted by Crippen LogP contribution is 2.35. The van der Waals surface area contributed by atoms with Gasteiger partial charge in [0.15, 0.2) is 5.76 Å². The van der Waals surface area contributed by atoms with Gasteiger partial charge in [0.2, 0.25) is 5.78 Å². The van der Waals surface area contributed by atoms with E-state index in [4.69, 9.17) is 14.2 Å². The first-order valence-electron chi connectivity index (χ1n) is 12.4. The fourth-order valence-corrected chi connectivity index (χ4v) is 4.50. The largest absolute Gasteiger partial charge is 0.492 e. The number of likely N-dealkylation sites (tertiary alicyclic amines) is 1. The normalized spacial score (nSPS) is 16.3. The Kier molecular flexibility index (Phi) is 7.46. The van der Waals surface area contributed by atoms with Crippen molar-refractivity contribution in [1.82, 2.24) is 4.90 Å². The van der Waals surface area contributed by atoms with E-state index < -0.39 is 4.92 Å². The fourth-order valence-electron chi connectivity index (χ4n) is 4.50. The summed E-state index contributed by atoms with van der Waals surface area (Å²) in [5.41, 5.74) is 1.96. The third kappa shape index (κ3) is 6.16. The van der Waals surface area contributed by atoms with E-state index in [0.29, 0.717) is 35.0 Å². The van der Waals surface area contributed by atoms with E-state index in [0.717, 1.165) is 25.2 Å². The van der Waals surface area contributed by atoms with Crippen LogP contribution < -0.4 is 14.2 Å². The molecule has 0 aliphatic carbocycles. The summed E-state index contributed by atoms with van der Waals surface area (Å²) in [6.45, 7) is 3.92. The number of hydrogen-bond donors (Lipinski definition) is 0. The van der Waals surface area contributed by atoms with Gasteiger partial charge in [0.25, 0.3) is 5.69 Å². The van der Waals surface area contributed by atoms with Crippen molar-refractivity contribution in [3.63, 3.8) is 0 Å². The van der Waals surface area contributed by atoms with Crippen molar-refractivity contribution in [3.05, 3.63) is 99.3 Å². The summed E-state index contributed by atoms with van der Waals surface area (Å²) in [4.78, 5) is 25.9. The lowest BCUT2D eigenvalue weighted by Crippen LogP contribution is -2.33. The molecule has 3 aromatic carbocycles. The summed E-state index contributed by atoms with van der Waals surface area (Å²) in [6, 6.07) is 18.9. The highest BCUT2D eigenvalue weighted by Gasteiger charge is 2.27. The van der Waals surface area contributed by atoms with Gasteiger partial charge < -0.3 is 14.2 Å². The van der Waals surface area contributed by atoms with Gasteiger partial charge in [-0.15, -0.1) is 0 Å². The zero-order valence-electron chi connectivity index (χ0n) is 20.4. The van der Waals surface area contributed by atoms with Crippen LogP contribution >= 0.6 is 0 Å². The van der Waals surface area contributed by atoms with Crippen molar-refractivity contribution in [1.29, 1.82) is 0 Å². The van der Waals surface area contributed by atoms with Crippen molar-refractivity contribution < 1.29 is 23.9 Å². The van der Waals surface area contributed by atoms with Crippen molar-refractivity contribution in [3.8, 4) is 17.2 Å². The topological polar surface area (TPSA) is 91.1 Å². The molecule has 0 aromatic heterocycles. The van der Waals surface area contributed by atoms with E-state index in [1.54, 1.807) is 42.5 Å². The summed E-state index contributed by atoms with van der Waals surface area (Å²) in [6.07, 6.45) is 5.48. The molecule has 1 saturated heterocycles. The number of non-ortho nitro benzene ring substituents is 1. The van der Waals surface area contributed by atoms with E-state index in [1.807, 2.05) is 18.2 Å². The first kappa shape index (κ1) is 24.5. The predicted octanol–water partition coefficient (Wildman–Crippen LogP) is 5.65. The molecule has 0 radical (unpaired) electrons. The van der Waals surface area contributed by atoms with Gasteiger partial charge in [-0.3, -0.25) is 19.8 Å². The summed E-state index contributed by atoms with van der Waals surface area (Å²) in [7, 11) is 0. The number of carbonyl (C=O) groups is 1. The number of rotatable bonds is 9. The molecule has 5 rings (SSSR count). The lowest BCUT2D eigenvalue weighted by molar-refractivity contribution is -0.384. The number of nitro benzene ring substituents is 1. The van der Waals surface area contributed by atoms with Gasteiger partial charge >= 0.3 is 0 Å². The second kappa shape index (κ2) is 11.3. The van der Waals surface area contributed by atoms with Crippen LogP contribution in [-0.2, 0) is 6.61 Å². The third-order valence-corrected chi connectivity index (χ3v) is 6.45. The van der Waals surface area contributed by atoms with Crippen molar-refractivity contribution in [2.75, 3.05) is 26.2 Å². The summed E-state index contributed by atoms with van der Waals surface area (Å²) < 4.78 is 17.6. The molecule has 0 bridgehead atoms. The SMILES string of the molecule is O=C1/C(=C/c2cccc(OCc3cccc([N+](=O)[O-])c3)c2)Oc2cc(OCCN3CCCCC3)ccc21. The van der Waals surface area contributed by atoms with Crippen molar-refractivity contribution in [2.24, 2.45) is 0 Å². The van der Waals surface area contributed by atoms with E-state index in [9.17, 15) is 14.9 Å². The Morgan fingerprint density at radius 3 is 2.59 bits per heavy atom. The number of nitro groups is 1. The number of Topliss-reactive ketones (excluding diaryl/α,β-unsaturated/α-hetero) is 1. The van der Waals surface area contributed by atoms with Crippen LogP contribution in [-0.4, -0.2) is 41.8 Å². The molecule has 0 spiro atoms. The summed E-state index contributed by atoms with van der Waals surface area (Å²) >= 11 is 0. The number of fused-ring (bicyclic) bond motifs is 1. The second-order valence-corrected chi connectivity index (χ2v) is 9.14. The number of allylic oxidation sites excluding steroid dienone is 1. The average molecular weight is 501 g/mol. The molecule has 3 aromatic rings. The molecular formula is C29H28N2O6. The second-order valence-electron chi connectivity index (χ2n) is 9.14. The molecule has 0 N–H and O–H groups in total. The molecule has 0 atom stereocenters.